The first-order valence-electron chi connectivity index (χ1n) is 5.30. The molecule has 4 nitrogen and oxygen atoms in total. The van der Waals surface area contributed by atoms with Gasteiger partial charge in [-0.2, -0.15) is 0 Å². The molecule has 0 aliphatic carbocycles. The van der Waals surface area contributed by atoms with Crippen molar-refractivity contribution in [3.8, 4) is 0 Å². The van der Waals surface area contributed by atoms with E-state index < -0.39 is 5.60 Å². The van der Waals surface area contributed by atoms with E-state index in [0.29, 0.717) is 5.82 Å². The molecule has 86 valence electrons. The number of hydrogen-bond donors (Lipinski definition) is 1. The Morgan fingerprint density at radius 2 is 2.33 bits per heavy atom. The van der Waals surface area contributed by atoms with Crippen LogP contribution in [0.2, 0.25) is 0 Å². The minimum atomic E-state index is -1.05. The van der Waals surface area contributed by atoms with Crippen molar-refractivity contribution in [3.63, 3.8) is 0 Å². The summed E-state index contributed by atoms with van der Waals surface area (Å²) in [5.74, 6) is 0.665. The van der Waals surface area contributed by atoms with E-state index in [-0.39, 0.29) is 6.10 Å². The molecule has 0 bridgehead atoms. The Hall–Kier alpha value is -0.870. The Bertz CT molecular complexity index is 307. The summed E-state index contributed by atoms with van der Waals surface area (Å²) in [6.07, 6.45) is 4.33. The van der Waals surface area contributed by atoms with Crippen LogP contribution >= 0.6 is 0 Å². The molecule has 0 radical (unpaired) electrons. The van der Waals surface area contributed by atoms with Gasteiger partial charge in [-0.25, -0.2) is 4.98 Å². The molecule has 1 N–H and O–H groups in total. The maximum absolute atomic E-state index is 10.3. The van der Waals surface area contributed by atoms with Gasteiger partial charge < -0.3 is 14.4 Å². The van der Waals surface area contributed by atoms with Crippen molar-refractivity contribution in [1.82, 2.24) is 9.55 Å². The van der Waals surface area contributed by atoms with Crippen molar-refractivity contribution in [3.05, 3.63) is 18.2 Å². The maximum atomic E-state index is 10.3. The van der Waals surface area contributed by atoms with Gasteiger partial charge in [-0.05, 0) is 20.3 Å². The number of aromatic nitrogens is 2. The molecule has 4 heteroatoms. The van der Waals surface area contributed by atoms with Crippen molar-refractivity contribution < 1.29 is 9.84 Å². The zero-order valence-corrected chi connectivity index (χ0v) is 9.90. The maximum Gasteiger partial charge on any atom is 0.145 e. The molecule has 0 fully saturated rings. The Morgan fingerprint density at radius 1 is 1.67 bits per heavy atom. The highest BCUT2D eigenvalue weighted by molar-refractivity contribution is 5.06. The molecule has 2 atom stereocenters. The number of rotatable bonds is 5. The summed E-state index contributed by atoms with van der Waals surface area (Å²) < 4.78 is 7.14. The molecule has 0 aliphatic rings. The Morgan fingerprint density at radius 3 is 2.87 bits per heavy atom. The van der Waals surface area contributed by atoms with E-state index in [0.717, 1.165) is 13.0 Å². The van der Waals surface area contributed by atoms with Crippen LogP contribution in [0.1, 0.15) is 33.0 Å². The van der Waals surface area contributed by atoms with E-state index in [2.05, 4.69) is 11.9 Å². The normalized spacial score (nSPS) is 17.4. The van der Waals surface area contributed by atoms with Gasteiger partial charge in [0.25, 0.3) is 0 Å². The summed E-state index contributed by atoms with van der Waals surface area (Å²) >= 11 is 0. The smallest absolute Gasteiger partial charge is 0.145 e. The van der Waals surface area contributed by atoms with Crippen LogP contribution in [0.4, 0.5) is 0 Å². The van der Waals surface area contributed by atoms with E-state index in [4.69, 9.17) is 4.74 Å². The molecule has 1 rings (SSSR count). The Kier molecular flexibility index (Phi) is 3.88. The van der Waals surface area contributed by atoms with Crippen LogP contribution in [0.25, 0.3) is 0 Å². The summed E-state index contributed by atoms with van der Waals surface area (Å²) in [6.45, 7) is 6.53. The lowest BCUT2D eigenvalue weighted by atomic mass is 9.99. The van der Waals surface area contributed by atoms with Crippen molar-refractivity contribution in [2.24, 2.45) is 0 Å². The van der Waals surface area contributed by atoms with Crippen LogP contribution in [0.5, 0.6) is 0 Å². The summed E-state index contributed by atoms with van der Waals surface area (Å²) in [7, 11) is 1.59. The summed E-state index contributed by atoms with van der Waals surface area (Å²) in [5.41, 5.74) is -1.05. The standard InChI is InChI=1S/C11H20N2O2/c1-5-7-13-8-6-12-10(13)11(3,14)9(2)15-4/h6,8-9,14H,5,7H2,1-4H3. The molecule has 2 unspecified atom stereocenters. The number of hydrogen-bond acceptors (Lipinski definition) is 3. The monoisotopic (exact) mass is 212 g/mol. The predicted molar refractivity (Wildman–Crippen MR) is 58.6 cm³/mol. The van der Waals surface area contributed by atoms with Gasteiger partial charge >= 0.3 is 0 Å². The molecular formula is C11H20N2O2. The Labute approximate surface area is 90.9 Å². The third kappa shape index (κ3) is 2.38. The topological polar surface area (TPSA) is 47.3 Å². The van der Waals surface area contributed by atoms with E-state index >= 15 is 0 Å². The lowest BCUT2D eigenvalue weighted by Gasteiger charge is -2.29. The van der Waals surface area contributed by atoms with Crippen molar-refractivity contribution in [2.75, 3.05) is 7.11 Å². The number of aryl methyl sites for hydroxylation is 1. The number of imidazole rings is 1. The third-order valence-corrected chi connectivity index (χ3v) is 2.78. The fraction of sp³-hybridized carbons (Fsp3) is 0.727. The highest BCUT2D eigenvalue weighted by atomic mass is 16.5. The predicted octanol–water partition coefficient (Wildman–Crippen LogP) is 1.54. The van der Waals surface area contributed by atoms with Crippen LogP contribution in [0, 0.1) is 0 Å². The second-order valence-electron chi connectivity index (χ2n) is 3.97. The second kappa shape index (κ2) is 4.77. The van der Waals surface area contributed by atoms with Crippen LogP contribution in [0.3, 0.4) is 0 Å². The SMILES string of the molecule is CCCn1ccnc1C(C)(O)C(C)OC. The van der Waals surface area contributed by atoms with Crippen molar-refractivity contribution in [1.29, 1.82) is 0 Å². The molecule has 0 saturated heterocycles. The largest absolute Gasteiger partial charge is 0.379 e. The van der Waals surface area contributed by atoms with Crippen molar-refractivity contribution >= 4 is 0 Å². The van der Waals surface area contributed by atoms with Crippen LogP contribution in [0.15, 0.2) is 12.4 Å². The first-order chi connectivity index (χ1) is 7.04. The molecule has 15 heavy (non-hydrogen) atoms. The van der Waals surface area contributed by atoms with E-state index in [1.54, 1.807) is 20.2 Å². The number of aliphatic hydroxyl groups is 1. The van der Waals surface area contributed by atoms with E-state index in [9.17, 15) is 5.11 Å². The first kappa shape index (κ1) is 12.2. The summed E-state index contributed by atoms with van der Waals surface area (Å²) in [4.78, 5) is 4.21. The van der Waals surface area contributed by atoms with Gasteiger partial charge in [0.05, 0.1) is 6.10 Å². The third-order valence-electron chi connectivity index (χ3n) is 2.78. The van der Waals surface area contributed by atoms with Crippen molar-refractivity contribution in [2.45, 2.75) is 45.4 Å². The molecule has 1 aromatic rings. The first-order valence-corrected chi connectivity index (χ1v) is 5.30. The van der Waals surface area contributed by atoms with Gasteiger partial charge in [0.2, 0.25) is 0 Å². The number of ether oxygens (including phenoxy) is 1. The highest BCUT2D eigenvalue weighted by Gasteiger charge is 2.34. The molecule has 0 aliphatic heterocycles. The highest BCUT2D eigenvalue weighted by Crippen LogP contribution is 2.24. The minimum absolute atomic E-state index is 0.282. The average molecular weight is 212 g/mol. The van der Waals surface area contributed by atoms with Crippen LogP contribution in [-0.2, 0) is 16.9 Å². The van der Waals surface area contributed by atoms with E-state index in [1.807, 2.05) is 17.7 Å². The zero-order chi connectivity index (χ0) is 11.5. The quantitative estimate of drug-likeness (QED) is 0.805. The van der Waals surface area contributed by atoms with Gasteiger partial charge in [0.15, 0.2) is 0 Å². The summed E-state index contributed by atoms with van der Waals surface area (Å²) in [6, 6.07) is 0. The molecule has 0 aromatic carbocycles. The molecule has 0 amide bonds. The lowest BCUT2D eigenvalue weighted by Crippen LogP contribution is -2.38. The fourth-order valence-electron chi connectivity index (χ4n) is 1.58. The molecular weight excluding hydrogens is 192 g/mol. The molecule has 0 saturated carbocycles. The number of nitrogens with zero attached hydrogens (tertiary/aromatic N) is 2. The van der Waals surface area contributed by atoms with Crippen LogP contribution in [-0.4, -0.2) is 27.9 Å². The number of methoxy groups -OCH3 is 1. The average Bonchev–Trinajstić information content (AvgIpc) is 2.66. The summed E-state index contributed by atoms with van der Waals surface area (Å²) in [5, 5.41) is 10.3. The lowest BCUT2D eigenvalue weighted by molar-refractivity contribution is -0.0845. The van der Waals surface area contributed by atoms with Gasteiger partial charge in [-0.15, -0.1) is 0 Å². The fourth-order valence-corrected chi connectivity index (χ4v) is 1.58. The minimum Gasteiger partial charge on any atom is -0.379 e. The van der Waals surface area contributed by atoms with Gasteiger partial charge in [-0.3, -0.25) is 0 Å². The molecule has 1 aromatic heterocycles. The van der Waals surface area contributed by atoms with Gasteiger partial charge in [-0.1, -0.05) is 6.92 Å². The molecule has 0 spiro atoms. The van der Waals surface area contributed by atoms with Gasteiger partial charge in [0, 0.05) is 26.0 Å². The van der Waals surface area contributed by atoms with Gasteiger partial charge in [0.1, 0.15) is 11.4 Å². The Balaban J connectivity index is 2.97. The van der Waals surface area contributed by atoms with Crippen LogP contribution < -0.4 is 0 Å². The molecule has 1 heterocycles. The zero-order valence-electron chi connectivity index (χ0n) is 9.90. The van der Waals surface area contributed by atoms with E-state index in [1.165, 1.54) is 0 Å². The second-order valence-corrected chi connectivity index (χ2v) is 3.97.